The van der Waals surface area contributed by atoms with Crippen LogP contribution in [0.5, 0.6) is 0 Å². The van der Waals surface area contributed by atoms with Crippen molar-refractivity contribution in [1.29, 1.82) is 0 Å². The normalized spacial score (nSPS) is 11.0. The largest absolute Gasteiger partial charge is 0.467 e. The van der Waals surface area contributed by atoms with Gasteiger partial charge in [0.1, 0.15) is 11.3 Å². The molecule has 3 rings (SSSR count). The van der Waals surface area contributed by atoms with Crippen molar-refractivity contribution < 1.29 is 13.6 Å². The number of fused-ring (bicyclic) bond motifs is 1. The first kappa shape index (κ1) is 17.4. The summed E-state index contributed by atoms with van der Waals surface area (Å²) >= 11 is 1.46. The van der Waals surface area contributed by atoms with Gasteiger partial charge in [0.25, 0.3) is 0 Å². The Labute approximate surface area is 149 Å². The van der Waals surface area contributed by atoms with Crippen molar-refractivity contribution in [2.45, 2.75) is 26.1 Å². The Bertz CT molecular complexity index is 944. The summed E-state index contributed by atoms with van der Waals surface area (Å²) in [5.41, 5.74) is 3.34. The molecule has 0 aliphatic carbocycles. The van der Waals surface area contributed by atoms with Gasteiger partial charge in [-0.3, -0.25) is 4.79 Å². The predicted molar refractivity (Wildman–Crippen MR) is 98.7 cm³/mol. The van der Waals surface area contributed by atoms with E-state index in [1.165, 1.54) is 17.8 Å². The lowest BCUT2D eigenvalue weighted by atomic mass is 10.0. The fourth-order valence-corrected chi connectivity index (χ4v) is 3.35. The SMILES string of the molecule is Cc1cc2oc(=O)cc(CSCC(=O)NCc3ccco3)c2cc1C. The molecule has 6 heteroatoms. The average molecular weight is 357 g/mol. The number of carbonyl (C=O) groups excluding carboxylic acids is 1. The van der Waals surface area contributed by atoms with Crippen LogP contribution in [0.1, 0.15) is 22.5 Å². The highest BCUT2D eigenvalue weighted by Crippen LogP contribution is 2.24. The fraction of sp³-hybridized carbons (Fsp3) is 0.263. The van der Waals surface area contributed by atoms with Gasteiger partial charge in [0.15, 0.2) is 0 Å². The second-order valence-electron chi connectivity index (χ2n) is 5.87. The minimum atomic E-state index is -0.367. The molecule has 1 N–H and O–H groups in total. The van der Waals surface area contributed by atoms with E-state index in [0.29, 0.717) is 23.6 Å². The van der Waals surface area contributed by atoms with Crippen LogP contribution < -0.4 is 10.9 Å². The number of hydrogen-bond donors (Lipinski definition) is 1. The molecule has 0 bridgehead atoms. The van der Waals surface area contributed by atoms with Gasteiger partial charge in [0, 0.05) is 17.2 Å². The summed E-state index contributed by atoms with van der Waals surface area (Å²) in [6.45, 7) is 4.39. The number of nitrogens with one attached hydrogen (secondary N) is 1. The molecule has 0 radical (unpaired) electrons. The van der Waals surface area contributed by atoms with Gasteiger partial charge < -0.3 is 14.2 Å². The number of furan rings is 1. The maximum atomic E-state index is 11.9. The molecule has 3 aromatic rings. The van der Waals surface area contributed by atoms with Crippen LogP contribution >= 0.6 is 11.8 Å². The Morgan fingerprint density at radius 1 is 1.20 bits per heavy atom. The molecule has 1 aromatic carbocycles. The van der Waals surface area contributed by atoms with E-state index >= 15 is 0 Å². The summed E-state index contributed by atoms with van der Waals surface area (Å²) in [7, 11) is 0. The van der Waals surface area contributed by atoms with Crippen molar-refractivity contribution >= 4 is 28.6 Å². The van der Waals surface area contributed by atoms with Gasteiger partial charge in [0.2, 0.25) is 5.91 Å². The van der Waals surface area contributed by atoms with Gasteiger partial charge in [-0.2, -0.15) is 0 Å². The molecule has 0 spiro atoms. The zero-order valence-electron chi connectivity index (χ0n) is 14.1. The highest BCUT2D eigenvalue weighted by atomic mass is 32.2. The zero-order chi connectivity index (χ0) is 17.8. The predicted octanol–water partition coefficient (Wildman–Crippen LogP) is 3.55. The van der Waals surface area contributed by atoms with Gasteiger partial charge in [-0.05, 0) is 54.8 Å². The quantitative estimate of drug-likeness (QED) is 0.683. The van der Waals surface area contributed by atoms with Crippen molar-refractivity contribution in [2.24, 2.45) is 0 Å². The second kappa shape index (κ2) is 7.61. The molecule has 0 fully saturated rings. The van der Waals surface area contributed by atoms with Crippen LogP contribution in [0.3, 0.4) is 0 Å². The van der Waals surface area contributed by atoms with Crippen molar-refractivity contribution in [1.82, 2.24) is 5.32 Å². The maximum Gasteiger partial charge on any atom is 0.336 e. The summed E-state index contributed by atoms with van der Waals surface area (Å²) in [5.74, 6) is 1.53. The average Bonchev–Trinajstić information content (AvgIpc) is 3.08. The number of carbonyl (C=O) groups is 1. The molecular formula is C19H19NO4S. The standard InChI is InChI=1S/C19H19NO4S/c1-12-6-16-14(8-19(22)24-17(16)7-13(12)2)10-25-11-18(21)20-9-15-4-3-5-23-15/h3-8H,9-11H2,1-2H3,(H,20,21). The lowest BCUT2D eigenvalue weighted by molar-refractivity contribution is -0.118. The van der Waals surface area contributed by atoms with Crippen LogP contribution in [0, 0.1) is 13.8 Å². The molecule has 0 aliphatic heterocycles. The van der Waals surface area contributed by atoms with Crippen LogP contribution in [-0.4, -0.2) is 11.7 Å². The number of benzene rings is 1. The summed E-state index contributed by atoms with van der Waals surface area (Å²) in [5, 5.41) is 3.73. The van der Waals surface area contributed by atoms with Crippen LogP contribution in [0.25, 0.3) is 11.0 Å². The number of thioether (sulfide) groups is 1. The van der Waals surface area contributed by atoms with E-state index in [0.717, 1.165) is 27.8 Å². The zero-order valence-corrected chi connectivity index (χ0v) is 14.9. The Morgan fingerprint density at radius 3 is 2.76 bits per heavy atom. The second-order valence-corrected chi connectivity index (χ2v) is 6.86. The van der Waals surface area contributed by atoms with Crippen LogP contribution in [0.15, 0.2) is 50.2 Å². The van der Waals surface area contributed by atoms with E-state index in [9.17, 15) is 9.59 Å². The number of rotatable bonds is 6. The summed E-state index contributed by atoms with van der Waals surface area (Å²) < 4.78 is 10.5. The van der Waals surface area contributed by atoms with Crippen molar-refractivity contribution in [3.8, 4) is 0 Å². The third-order valence-electron chi connectivity index (χ3n) is 3.98. The fourth-order valence-electron chi connectivity index (χ4n) is 2.51. The first-order valence-electron chi connectivity index (χ1n) is 7.94. The smallest absolute Gasteiger partial charge is 0.336 e. The minimum Gasteiger partial charge on any atom is -0.467 e. The molecule has 0 saturated carbocycles. The summed E-state index contributed by atoms with van der Waals surface area (Å²) in [6.07, 6.45) is 1.58. The Balaban J connectivity index is 1.63. The molecule has 0 saturated heterocycles. The molecule has 0 atom stereocenters. The Morgan fingerprint density at radius 2 is 2.00 bits per heavy atom. The third kappa shape index (κ3) is 4.33. The molecule has 2 heterocycles. The molecule has 5 nitrogen and oxygen atoms in total. The highest BCUT2D eigenvalue weighted by molar-refractivity contribution is 7.99. The Hall–Kier alpha value is -2.47. The molecule has 25 heavy (non-hydrogen) atoms. The van der Waals surface area contributed by atoms with Gasteiger partial charge >= 0.3 is 5.63 Å². The minimum absolute atomic E-state index is 0.0688. The van der Waals surface area contributed by atoms with Crippen molar-refractivity contribution in [2.75, 3.05) is 5.75 Å². The van der Waals surface area contributed by atoms with Crippen LogP contribution in [-0.2, 0) is 17.1 Å². The van der Waals surface area contributed by atoms with Gasteiger partial charge in [-0.25, -0.2) is 4.79 Å². The van der Waals surface area contributed by atoms with Crippen molar-refractivity contribution in [3.05, 3.63) is 69.5 Å². The molecule has 1 amide bonds. The van der Waals surface area contributed by atoms with E-state index < -0.39 is 0 Å². The summed E-state index contributed by atoms with van der Waals surface area (Å²) in [6, 6.07) is 9.01. The van der Waals surface area contributed by atoms with Gasteiger partial charge in [0.05, 0.1) is 18.6 Å². The molecule has 130 valence electrons. The van der Waals surface area contributed by atoms with Gasteiger partial charge in [-0.1, -0.05) is 0 Å². The lowest BCUT2D eigenvalue weighted by Gasteiger charge is -2.08. The maximum absolute atomic E-state index is 11.9. The van der Waals surface area contributed by atoms with Crippen molar-refractivity contribution in [3.63, 3.8) is 0 Å². The number of aryl methyl sites for hydroxylation is 2. The Kier molecular flexibility index (Phi) is 5.28. The first-order valence-corrected chi connectivity index (χ1v) is 9.09. The highest BCUT2D eigenvalue weighted by Gasteiger charge is 2.09. The lowest BCUT2D eigenvalue weighted by Crippen LogP contribution is -2.24. The van der Waals surface area contributed by atoms with E-state index in [1.807, 2.05) is 32.0 Å². The number of amides is 1. The molecule has 0 aliphatic rings. The third-order valence-corrected chi connectivity index (χ3v) is 4.96. The molecular weight excluding hydrogens is 338 g/mol. The first-order chi connectivity index (χ1) is 12.0. The van der Waals surface area contributed by atoms with E-state index in [2.05, 4.69) is 5.32 Å². The topological polar surface area (TPSA) is 72.5 Å². The monoisotopic (exact) mass is 357 g/mol. The van der Waals surface area contributed by atoms with Gasteiger partial charge in [-0.15, -0.1) is 11.8 Å². The van der Waals surface area contributed by atoms with E-state index in [-0.39, 0.29) is 11.5 Å². The van der Waals surface area contributed by atoms with E-state index in [1.54, 1.807) is 12.3 Å². The van der Waals surface area contributed by atoms with E-state index in [4.69, 9.17) is 8.83 Å². The summed E-state index contributed by atoms with van der Waals surface area (Å²) in [4.78, 5) is 23.7. The van der Waals surface area contributed by atoms with Crippen LogP contribution in [0.4, 0.5) is 0 Å². The van der Waals surface area contributed by atoms with Crippen LogP contribution in [0.2, 0.25) is 0 Å². The number of hydrogen-bond acceptors (Lipinski definition) is 5. The molecule has 0 unspecified atom stereocenters. The molecule has 2 aromatic heterocycles.